The molecule has 0 atom stereocenters. The first-order chi connectivity index (χ1) is 11.3. The number of benzene rings is 2. The van der Waals surface area contributed by atoms with Gasteiger partial charge in [-0.3, -0.25) is 4.79 Å². The van der Waals surface area contributed by atoms with Crippen molar-refractivity contribution in [3.63, 3.8) is 0 Å². The van der Waals surface area contributed by atoms with Crippen LogP contribution in [0, 0.1) is 5.82 Å². The molecule has 0 aliphatic heterocycles. The number of halogens is 2. The van der Waals surface area contributed by atoms with Gasteiger partial charge in [0, 0.05) is 11.0 Å². The first-order valence-electron chi connectivity index (χ1n) is 7.14. The van der Waals surface area contributed by atoms with Crippen molar-refractivity contribution in [2.24, 2.45) is 0 Å². The fourth-order valence-electron chi connectivity index (χ4n) is 2.05. The van der Waals surface area contributed by atoms with Crippen LogP contribution in [0.15, 0.2) is 57.9 Å². The molecular formula is C16H16BrFN2O3S. The summed E-state index contributed by atoms with van der Waals surface area (Å²) in [6, 6.07) is 12.0. The number of sulfonamides is 1. The summed E-state index contributed by atoms with van der Waals surface area (Å²) in [4.78, 5) is 12.2. The summed E-state index contributed by atoms with van der Waals surface area (Å²) in [6.45, 7) is 1.35. The third-order valence-corrected chi connectivity index (χ3v) is 5.69. The van der Waals surface area contributed by atoms with Crippen molar-refractivity contribution in [3.8, 4) is 0 Å². The van der Waals surface area contributed by atoms with Gasteiger partial charge >= 0.3 is 0 Å². The number of carbonyl (C=O) groups is 1. The van der Waals surface area contributed by atoms with Gasteiger partial charge in [-0.05, 0) is 30.3 Å². The molecular weight excluding hydrogens is 399 g/mol. The fraction of sp³-hybridized carbons (Fsp3) is 0.188. The Morgan fingerprint density at radius 2 is 1.88 bits per heavy atom. The maximum atomic E-state index is 13.8. The van der Waals surface area contributed by atoms with E-state index in [-0.39, 0.29) is 17.1 Å². The molecule has 0 spiro atoms. The van der Waals surface area contributed by atoms with Crippen LogP contribution in [0.2, 0.25) is 0 Å². The number of nitrogens with zero attached hydrogens (tertiary/aromatic N) is 1. The Hall–Kier alpha value is -1.77. The number of rotatable bonds is 6. The first-order valence-corrected chi connectivity index (χ1v) is 9.38. The van der Waals surface area contributed by atoms with Gasteiger partial charge in [0.2, 0.25) is 15.9 Å². The second-order valence-corrected chi connectivity index (χ2v) is 7.77. The SMILES string of the molecule is CCN(CC(=O)Nc1ccc(Br)cc1F)S(=O)(=O)c1ccccc1. The fourth-order valence-corrected chi connectivity index (χ4v) is 3.81. The summed E-state index contributed by atoms with van der Waals surface area (Å²) in [5, 5.41) is 2.38. The molecule has 0 fully saturated rings. The lowest BCUT2D eigenvalue weighted by Crippen LogP contribution is -2.37. The number of hydrogen-bond donors (Lipinski definition) is 1. The van der Waals surface area contributed by atoms with Crippen LogP contribution in [-0.4, -0.2) is 31.7 Å². The van der Waals surface area contributed by atoms with Gasteiger partial charge in [0.25, 0.3) is 0 Å². The highest BCUT2D eigenvalue weighted by atomic mass is 79.9. The van der Waals surface area contributed by atoms with Gasteiger partial charge < -0.3 is 5.32 Å². The Morgan fingerprint density at radius 3 is 2.46 bits per heavy atom. The molecule has 2 rings (SSSR count). The minimum Gasteiger partial charge on any atom is -0.322 e. The maximum Gasteiger partial charge on any atom is 0.243 e. The maximum absolute atomic E-state index is 13.8. The Kier molecular flexibility index (Phi) is 6.09. The van der Waals surface area contributed by atoms with Gasteiger partial charge in [-0.25, -0.2) is 12.8 Å². The van der Waals surface area contributed by atoms with Crippen molar-refractivity contribution in [1.82, 2.24) is 4.31 Å². The Balaban J connectivity index is 2.14. The van der Waals surface area contributed by atoms with E-state index in [0.717, 1.165) is 4.31 Å². The summed E-state index contributed by atoms with van der Waals surface area (Å²) in [7, 11) is -3.78. The molecule has 128 valence electrons. The Labute approximate surface area is 148 Å². The number of anilines is 1. The lowest BCUT2D eigenvalue weighted by molar-refractivity contribution is -0.116. The topological polar surface area (TPSA) is 66.5 Å². The zero-order chi connectivity index (χ0) is 17.7. The molecule has 0 aromatic heterocycles. The second-order valence-electron chi connectivity index (χ2n) is 4.92. The highest BCUT2D eigenvalue weighted by Gasteiger charge is 2.25. The van der Waals surface area contributed by atoms with Crippen molar-refractivity contribution < 1.29 is 17.6 Å². The minimum atomic E-state index is -3.78. The van der Waals surface area contributed by atoms with E-state index in [2.05, 4.69) is 21.2 Å². The van der Waals surface area contributed by atoms with E-state index in [0.29, 0.717) is 4.47 Å². The Morgan fingerprint density at radius 1 is 1.21 bits per heavy atom. The molecule has 8 heteroatoms. The van der Waals surface area contributed by atoms with Gasteiger partial charge in [0.05, 0.1) is 17.1 Å². The summed E-state index contributed by atoms with van der Waals surface area (Å²) in [5.74, 6) is -1.22. The quantitative estimate of drug-likeness (QED) is 0.788. The van der Waals surface area contributed by atoms with E-state index in [4.69, 9.17) is 0 Å². The number of hydrogen-bond acceptors (Lipinski definition) is 3. The van der Waals surface area contributed by atoms with E-state index in [1.54, 1.807) is 31.2 Å². The van der Waals surface area contributed by atoms with E-state index in [1.165, 1.54) is 24.3 Å². The predicted octanol–water partition coefficient (Wildman–Crippen LogP) is 3.24. The van der Waals surface area contributed by atoms with Crippen LogP contribution < -0.4 is 5.32 Å². The van der Waals surface area contributed by atoms with E-state index >= 15 is 0 Å². The molecule has 0 heterocycles. The van der Waals surface area contributed by atoms with Crippen molar-refractivity contribution in [2.75, 3.05) is 18.4 Å². The molecule has 5 nitrogen and oxygen atoms in total. The average molecular weight is 415 g/mol. The van der Waals surface area contributed by atoms with Crippen molar-refractivity contribution in [1.29, 1.82) is 0 Å². The largest absolute Gasteiger partial charge is 0.322 e. The monoisotopic (exact) mass is 414 g/mol. The summed E-state index contributed by atoms with van der Waals surface area (Å²) < 4.78 is 40.4. The normalized spacial score (nSPS) is 11.5. The van der Waals surface area contributed by atoms with Gasteiger partial charge in [-0.15, -0.1) is 0 Å². The zero-order valence-corrected chi connectivity index (χ0v) is 15.3. The third-order valence-electron chi connectivity index (χ3n) is 3.26. The van der Waals surface area contributed by atoms with Crippen LogP contribution in [0.3, 0.4) is 0 Å². The molecule has 0 saturated heterocycles. The van der Waals surface area contributed by atoms with E-state index < -0.39 is 28.3 Å². The van der Waals surface area contributed by atoms with Crippen molar-refractivity contribution in [2.45, 2.75) is 11.8 Å². The molecule has 2 aromatic rings. The molecule has 0 radical (unpaired) electrons. The minimum absolute atomic E-state index is 0.00337. The van der Waals surface area contributed by atoms with Crippen LogP contribution in [0.25, 0.3) is 0 Å². The second kappa shape index (κ2) is 7.87. The summed E-state index contributed by atoms with van der Waals surface area (Å²) >= 11 is 3.13. The highest BCUT2D eigenvalue weighted by Crippen LogP contribution is 2.20. The standard InChI is InChI=1S/C16H16BrFN2O3S/c1-2-20(24(22,23)13-6-4-3-5-7-13)11-16(21)19-15-9-8-12(17)10-14(15)18/h3-10H,2,11H2,1H3,(H,19,21). The number of nitrogens with one attached hydrogen (secondary N) is 1. The first kappa shape index (κ1) is 18.6. The van der Waals surface area contributed by atoms with E-state index in [9.17, 15) is 17.6 Å². The number of carbonyl (C=O) groups excluding carboxylic acids is 1. The molecule has 0 saturated carbocycles. The summed E-state index contributed by atoms with van der Waals surface area (Å²) in [6.07, 6.45) is 0. The smallest absolute Gasteiger partial charge is 0.243 e. The predicted molar refractivity (Wildman–Crippen MR) is 93.6 cm³/mol. The Bertz CT molecular complexity index is 828. The third kappa shape index (κ3) is 4.40. The average Bonchev–Trinajstić information content (AvgIpc) is 2.56. The van der Waals surface area contributed by atoms with Crippen LogP contribution in [0.4, 0.5) is 10.1 Å². The molecule has 2 aromatic carbocycles. The van der Waals surface area contributed by atoms with Gasteiger partial charge in [-0.2, -0.15) is 4.31 Å². The van der Waals surface area contributed by atoms with E-state index in [1.807, 2.05) is 0 Å². The van der Waals surface area contributed by atoms with Gasteiger partial charge in [0.1, 0.15) is 5.82 Å². The molecule has 0 aliphatic rings. The van der Waals surface area contributed by atoms with Crippen molar-refractivity contribution in [3.05, 3.63) is 58.8 Å². The highest BCUT2D eigenvalue weighted by molar-refractivity contribution is 9.10. The van der Waals surface area contributed by atoms with Crippen LogP contribution >= 0.6 is 15.9 Å². The molecule has 1 amide bonds. The summed E-state index contributed by atoms with van der Waals surface area (Å²) in [5.41, 5.74) is -0.00337. The van der Waals surface area contributed by atoms with Crippen LogP contribution in [-0.2, 0) is 14.8 Å². The van der Waals surface area contributed by atoms with Gasteiger partial charge in [0.15, 0.2) is 0 Å². The van der Waals surface area contributed by atoms with Crippen molar-refractivity contribution >= 4 is 37.5 Å². The lowest BCUT2D eigenvalue weighted by Gasteiger charge is -2.20. The lowest BCUT2D eigenvalue weighted by atomic mass is 10.3. The zero-order valence-electron chi connectivity index (χ0n) is 12.9. The molecule has 24 heavy (non-hydrogen) atoms. The molecule has 0 unspecified atom stereocenters. The van der Waals surface area contributed by atoms with Crippen LogP contribution in [0.1, 0.15) is 6.92 Å². The molecule has 1 N–H and O–H groups in total. The molecule has 0 bridgehead atoms. The number of amides is 1. The number of likely N-dealkylation sites (N-methyl/N-ethyl adjacent to an activating group) is 1. The van der Waals surface area contributed by atoms with Crippen LogP contribution in [0.5, 0.6) is 0 Å². The van der Waals surface area contributed by atoms with Gasteiger partial charge in [-0.1, -0.05) is 41.1 Å². The molecule has 0 aliphatic carbocycles.